The van der Waals surface area contributed by atoms with Crippen LogP contribution in [0, 0.1) is 5.92 Å². The predicted molar refractivity (Wildman–Crippen MR) is 62.9 cm³/mol. The van der Waals surface area contributed by atoms with Gasteiger partial charge < -0.3 is 10.1 Å². The fourth-order valence-electron chi connectivity index (χ4n) is 1.68. The first-order valence-electron chi connectivity index (χ1n) is 5.05. The second-order valence-corrected chi connectivity index (χ2v) is 4.54. The van der Waals surface area contributed by atoms with Crippen molar-refractivity contribution in [1.29, 1.82) is 0 Å². The van der Waals surface area contributed by atoms with E-state index in [1.807, 2.05) is 6.07 Å². The third kappa shape index (κ3) is 2.77. The minimum Gasteiger partial charge on any atom is -0.490 e. The van der Waals surface area contributed by atoms with Crippen molar-refractivity contribution in [3.8, 4) is 5.75 Å². The van der Waals surface area contributed by atoms with Gasteiger partial charge in [0, 0.05) is 12.5 Å². The number of rotatable bonds is 3. The highest BCUT2D eigenvalue weighted by Crippen LogP contribution is 2.32. The van der Waals surface area contributed by atoms with Gasteiger partial charge in [-0.15, -0.1) is 0 Å². The fraction of sp³-hybridized carbons (Fsp3) is 0.455. The summed E-state index contributed by atoms with van der Waals surface area (Å²) >= 11 is 12.0. The van der Waals surface area contributed by atoms with Crippen LogP contribution in [-0.4, -0.2) is 19.7 Å². The van der Waals surface area contributed by atoms with Crippen LogP contribution in [0.4, 0.5) is 0 Å². The molecule has 1 fully saturated rings. The quantitative estimate of drug-likeness (QED) is 0.885. The molecule has 0 aliphatic carbocycles. The maximum absolute atomic E-state index is 5.99. The van der Waals surface area contributed by atoms with Gasteiger partial charge in [-0.25, -0.2) is 0 Å². The summed E-state index contributed by atoms with van der Waals surface area (Å²) in [6.45, 7) is 2.77. The molecule has 1 aliphatic heterocycles. The lowest BCUT2D eigenvalue weighted by molar-refractivity contribution is 0.260. The Morgan fingerprint density at radius 1 is 1.33 bits per heavy atom. The molecular formula is C11H13Cl2NO. The molecule has 2 rings (SSSR count). The maximum atomic E-state index is 5.99. The maximum Gasteiger partial charge on any atom is 0.156 e. The molecule has 1 aromatic rings. The molecule has 1 saturated heterocycles. The van der Waals surface area contributed by atoms with Crippen LogP contribution >= 0.6 is 23.2 Å². The van der Waals surface area contributed by atoms with E-state index in [-0.39, 0.29) is 0 Å². The molecule has 0 bridgehead atoms. The van der Waals surface area contributed by atoms with Crippen molar-refractivity contribution in [2.75, 3.05) is 19.7 Å². The molecule has 0 aromatic heterocycles. The molecule has 15 heavy (non-hydrogen) atoms. The zero-order chi connectivity index (χ0) is 10.7. The van der Waals surface area contributed by atoms with Gasteiger partial charge in [-0.3, -0.25) is 0 Å². The zero-order valence-electron chi connectivity index (χ0n) is 8.30. The van der Waals surface area contributed by atoms with Gasteiger partial charge in [-0.2, -0.15) is 0 Å². The summed E-state index contributed by atoms with van der Waals surface area (Å²) < 4.78 is 5.65. The van der Waals surface area contributed by atoms with Crippen molar-refractivity contribution < 1.29 is 4.74 Å². The third-order valence-electron chi connectivity index (χ3n) is 2.54. The van der Waals surface area contributed by atoms with Crippen LogP contribution in [0.1, 0.15) is 6.42 Å². The van der Waals surface area contributed by atoms with Gasteiger partial charge in [0.2, 0.25) is 0 Å². The molecule has 2 nitrogen and oxygen atoms in total. The second kappa shape index (κ2) is 5.06. The summed E-state index contributed by atoms with van der Waals surface area (Å²) in [5.74, 6) is 1.17. The molecule has 1 atom stereocenters. The number of halogens is 2. The van der Waals surface area contributed by atoms with Gasteiger partial charge in [0.1, 0.15) is 0 Å². The summed E-state index contributed by atoms with van der Waals surface area (Å²) in [6, 6.07) is 5.39. The van der Waals surface area contributed by atoms with Crippen LogP contribution in [0.3, 0.4) is 0 Å². The number of benzene rings is 1. The fourth-order valence-corrected chi connectivity index (χ4v) is 2.18. The lowest BCUT2D eigenvalue weighted by Crippen LogP contribution is -2.15. The standard InChI is InChI=1S/C11H13Cl2NO/c12-9-2-1-3-10(13)11(9)15-7-8-4-5-14-6-8/h1-3,8,14H,4-7H2. The van der Waals surface area contributed by atoms with Crippen molar-refractivity contribution in [1.82, 2.24) is 5.32 Å². The third-order valence-corrected chi connectivity index (χ3v) is 3.14. The first kappa shape index (κ1) is 11.1. The Balaban J connectivity index is 1.97. The first-order valence-corrected chi connectivity index (χ1v) is 5.80. The number of ether oxygens (including phenoxy) is 1. The Labute approximate surface area is 99.5 Å². The number of hydrogen-bond acceptors (Lipinski definition) is 2. The Kier molecular flexibility index (Phi) is 3.73. The highest BCUT2D eigenvalue weighted by molar-refractivity contribution is 6.37. The van der Waals surface area contributed by atoms with E-state index in [4.69, 9.17) is 27.9 Å². The van der Waals surface area contributed by atoms with E-state index < -0.39 is 0 Å². The molecule has 1 N–H and O–H groups in total. The Morgan fingerprint density at radius 3 is 2.67 bits per heavy atom. The van der Waals surface area contributed by atoms with Crippen LogP contribution in [0.5, 0.6) is 5.75 Å². The molecular weight excluding hydrogens is 233 g/mol. The van der Waals surface area contributed by atoms with E-state index in [2.05, 4.69) is 5.32 Å². The van der Waals surface area contributed by atoms with Crippen LogP contribution in [0.2, 0.25) is 10.0 Å². The summed E-state index contributed by atoms with van der Waals surface area (Å²) in [6.07, 6.45) is 1.15. The minimum atomic E-state index is 0.567. The lowest BCUT2D eigenvalue weighted by Gasteiger charge is -2.13. The minimum absolute atomic E-state index is 0.567. The highest BCUT2D eigenvalue weighted by Gasteiger charge is 2.16. The zero-order valence-corrected chi connectivity index (χ0v) is 9.81. The monoisotopic (exact) mass is 245 g/mol. The smallest absolute Gasteiger partial charge is 0.156 e. The van der Waals surface area contributed by atoms with Gasteiger partial charge >= 0.3 is 0 Å². The second-order valence-electron chi connectivity index (χ2n) is 3.72. The van der Waals surface area contributed by atoms with Gasteiger partial charge in [-0.1, -0.05) is 29.3 Å². The first-order chi connectivity index (χ1) is 7.27. The summed E-state index contributed by atoms with van der Waals surface area (Å²) in [5, 5.41) is 4.45. The van der Waals surface area contributed by atoms with Crippen molar-refractivity contribution in [3.05, 3.63) is 28.2 Å². The summed E-state index contributed by atoms with van der Waals surface area (Å²) in [5.41, 5.74) is 0. The van der Waals surface area contributed by atoms with Crippen LogP contribution < -0.4 is 10.1 Å². The van der Waals surface area contributed by atoms with E-state index in [0.29, 0.717) is 28.3 Å². The summed E-state index contributed by atoms with van der Waals surface area (Å²) in [4.78, 5) is 0. The molecule has 0 spiro atoms. The average molecular weight is 246 g/mol. The molecule has 0 radical (unpaired) electrons. The van der Waals surface area contributed by atoms with Crippen LogP contribution in [0.15, 0.2) is 18.2 Å². The van der Waals surface area contributed by atoms with Crippen molar-refractivity contribution in [2.45, 2.75) is 6.42 Å². The van der Waals surface area contributed by atoms with Crippen molar-refractivity contribution >= 4 is 23.2 Å². The van der Waals surface area contributed by atoms with Gasteiger partial charge in [-0.05, 0) is 25.1 Å². The average Bonchev–Trinajstić information content (AvgIpc) is 2.70. The van der Waals surface area contributed by atoms with Crippen LogP contribution in [0.25, 0.3) is 0 Å². The SMILES string of the molecule is Clc1cccc(Cl)c1OCC1CCNC1. The number of hydrogen-bond donors (Lipinski definition) is 1. The highest BCUT2D eigenvalue weighted by atomic mass is 35.5. The molecule has 1 unspecified atom stereocenters. The normalized spacial score (nSPS) is 20.5. The Bertz CT molecular complexity index is 317. The topological polar surface area (TPSA) is 21.3 Å². The molecule has 82 valence electrons. The Hall–Kier alpha value is -0.440. The van der Waals surface area contributed by atoms with Crippen molar-refractivity contribution in [3.63, 3.8) is 0 Å². The molecule has 0 saturated carbocycles. The van der Waals surface area contributed by atoms with Gasteiger partial charge in [0.25, 0.3) is 0 Å². The van der Waals surface area contributed by atoms with E-state index >= 15 is 0 Å². The van der Waals surface area contributed by atoms with E-state index in [9.17, 15) is 0 Å². The van der Waals surface area contributed by atoms with E-state index in [1.54, 1.807) is 12.1 Å². The molecule has 1 aliphatic rings. The van der Waals surface area contributed by atoms with Gasteiger partial charge in [0.15, 0.2) is 5.75 Å². The molecule has 0 amide bonds. The van der Waals surface area contributed by atoms with Gasteiger partial charge in [0.05, 0.1) is 16.7 Å². The Morgan fingerprint density at radius 2 is 2.07 bits per heavy atom. The van der Waals surface area contributed by atoms with Crippen molar-refractivity contribution in [2.24, 2.45) is 5.92 Å². The van der Waals surface area contributed by atoms with E-state index in [0.717, 1.165) is 19.5 Å². The summed E-state index contributed by atoms with van der Waals surface area (Å²) in [7, 11) is 0. The molecule has 4 heteroatoms. The largest absolute Gasteiger partial charge is 0.490 e. The number of nitrogens with one attached hydrogen (secondary N) is 1. The lowest BCUT2D eigenvalue weighted by atomic mass is 10.1. The molecule has 1 aromatic carbocycles. The predicted octanol–water partition coefficient (Wildman–Crippen LogP) is 2.98. The van der Waals surface area contributed by atoms with Crippen LogP contribution in [-0.2, 0) is 0 Å². The molecule has 1 heterocycles. The van der Waals surface area contributed by atoms with E-state index in [1.165, 1.54) is 0 Å². The number of para-hydroxylation sites is 1.